The average molecular weight is 203 g/mol. The molecule has 1 aromatic heterocycles. The van der Waals surface area contributed by atoms with Crippen LogP contribution in [0.2, 0.25) is 0 Å². The van der Waals surface area contributed by atoms with Gasteiger partial charge in [-0.05, 0) is 0 Å². The Kier molecular flexibility index (Phi) is 2.31. The van der Waals surface area contributed by atoms with Crippen molar-refractivity contribution >= 4 is 11.7 Å². The Morgan fingerprint density at radius 2 is 2.27 bits per heavy atom. The lowest BCUT2D eigenvalue weighted by atomic mass is 10.3. The first-order valence-corrected chi connectivity index (χ1v) is 4.49. The number of nitriles is 1. The van der Waals surface area contributed by atoms with Gasteiger partial charge >= 0.3 is 0 Å². The Labute approximate surface area is 86.3 Å². The van der Waals surface area contributed by atoms with Crippen LogP contribution in [0, 0.1) is 11.3 Å². The van der Waals surface area contributed by atoms with Gasteiger partial charge in [0.05, 0.1) is 0 Å². The highest BCUT2D eigenvalue weighted by atomic mass is 16.2. The minimum atomic E-state index is -0.189. The molecule has 1 fully saturated rings. The summed E-state index contributed by atoms with van der Waals surface area (Å²) in [5.41, 5.74) is 5.80. The van der Waals surface area contributed by atoms with Crippen molar-refractivity contribution in [2.75, 3.05) is 11.4 Å². The van der Waals surface area contributed by atoms with E-state index in [2.05, 4.69) is 9.97 Å². The lowest BCUT2D eigenvalue weighted by Gasteiger charge is -2.14. The number of amides is 1. The summed E-state index contributed by atoms with van der Waals surface area (Å²) in [4.78, 5) is 20.8. The Hall–Kier alpha value is -2.00. The molecule has 0 saturated carbocycles. The summed E-state index contributed by atoms with van der Waals surface area (Å²) in [5.74, 6) is 0.192. The van der Waals surface area contributed by atoms with Crippen molar-refractivity contribution in [3.05, 3.63) is 18.1 Å². The van der Waals surface area contributed by atoms with Crippen LogP contribution in [-0.2, 0) is 4.79 Å². The Morgan fingerprint density at radius 1 is 1.53 bits per heavy atom. The third-order valence-electron chi connectivity index (χ3n) is 2.20. The zero-order valence-corrected chi connectivity index (χ0v) is 7.92. The maximum absolute atomic E-state index is 11.5. The molecule has 1 atom stereocenters. The molecule has 6 nitrogen and oxygen atoms in total. The lowest BCUT2D eigenvalue weighted by molar-refractivity contribution is -0.117. The van der Waals surface area contributed by atoms with Crippen molar-refractivity contribution in [2.45, 2.75) is 12.5 Å². The number of hydrogen-bond donors (Lipinski definition) is 1. The first-order chi connectivity index (χ1) is 7.22. The third kappa shape index (κ3) is 1.65. The highest BCUT2D eigenvalue weighted by Gasteiger charge is 2.30. The van der Waals surface area contributed by atoms with Gasteiger partial charge in [0.1, 0.15) is 6.07 Å². The zero-order chi connectivity index (χ0) is 10.8. The zero-order valence-electron chi connectivity index (χ0n) is 7.92. The molecule has 0 aromatic carbocycles. The van der Waals surface area contributed by atoms with E-state index in [1.54, 1.807) is 0 Å². The quantitative estimate of drug-likeness (QED) is 0.658. The number of hydrogen-bond acceptors (Lipinski definition) is 5. The van der Waals surface area contributed by atoms with Crippen molar-refractivity contribution in [2.24, 2.45) is 5.73 Å². The van der Waals surface area contributed by atoms with Gasteiger partial charge in [0.25, 0.3) is 0 Å². The monoisotopic (exact) mass is 203 g/mol. The number of nitrogens with zero attached hydrogens (tertiary/aromatic N) is 4. The van der Waals surface area contributed by atoms with Gasteiger partial charge < -0.3 is 5.73 Å². The van der Waals surface area contributed by atoms with E-state index in [9.17, 15) is 4.79 Å². The van der Waals surface area contributed by atoms with Gasteiger partial charge in [0.2, 0.25) is 5.91 Å². The van der Waals surface area contributed by atoms with Gasteiger partial charge in [-0.3, -0.25) is 9.69 Å². The summed E-state index contributed by atoms with van der Waals surface area (Å²) in [6, 6.07) is 1.71. The second kappa shape index (κ2) is 3.63. The number of nitrogens with two attached hydrogens (primary N) is 1. The van der Waals surface area contributed by atoms with E-state index in [4.69, 9.17) is 11.0 Å². The van der Waals surface area contributed by atoms with Crippen molar-refractivity contribution in [3.63, 3.8) is 0 Å². The van der Waals surface area contributed by atoms with E-state index in [1.807, 2.05) is 6.07 Å². The fraction of sp³-hybridized carbons (Fsp3) is 0.333. The normalized spacial score (nSPS) is 20.4. The van der Waals surface area contributed by atoms with Crippen molar-refractivity contribution in [1.29, 1.82) is 5.26 Å². The molecule has 1 aliphatic rings. The van der Waals surface area contributed by atoms with Crippen LogP contribution in [0.25, 0.3) is 0 Å². The van der Waals surface area contributed by atoms with Crippen LogP contribution in [-0.4, -0.2) is 28.5 Å². The molecule has 2 N–H and O–H groups in total. The van der Waals surface area contributed by atoms with Crippen LogP contribution >= 0.6 is 0 Å². The summed E-state index contributed by atoms with van der Waals surface area (Å²) < 4.78 is 0. The molecule has 15 heavy (non-hydrogen) atoms. The van der Waals surface area contributed by atoms with Crippen LogP contribution < -0.4 is 10.6 Å². The molecule has 2 heterocycles. The Balaban J connectivity index is 2.38. The predicted molar refractivity (Wildman–Crippen MR) is 51.7 cm³/mol. The van der Waals surface area contributed by atoms with E-state index in [1.165, 1.54) is 17.3 Å². The van der Waals surface area contributed by atoms with Gasteiger partial charge in [-0.25, -0.2) is 9.97 Å². The first kappa shape index (κ1) is 9.55. The van der Waals surface area contributed by atoms with Gasteiger partial charge in [-0.15, -0.1) is 0 Å². The summed E-state index contributed by atoms with van der Waals surface area (Å²) in [6.45, 7) is 0.395. The van der Waals surface area contributed by atoms with E-state index in [0.717, 1.165) is 0 Å². The van der Waals surface area contributed by atoms with E-state index >= 15 is 0 Å². The summed E-state index contributed by atoms with van der Waals surface area (Å²) in [5, 5.41) is 8.81. The summed E-state index contributed by atoms with van der Waals surface area (Å²) in [7, 11) is 0. The van der Waals surface area contributed by atoms with Crippen LogP contribution in [0.15, 0.2) is 12.4 Å². The highest BCUT2D eigenvalue weighted by molar-refractivity contribution is 5.96. The molecule has 1 unspecified atom stereocenters. The Bertz CT molecular complexity index is 438. The van der Waals surface area contributed by atoms with Crippen molar-refractivity contribution in [3.8, 4) is 6.07 Å². The topological polar surface area (TPSA) is 95.9 Å². The average Bonchev–Trinajstić information content (AvgIpc) is 2.57. The molecule has 1 saturated heterocycles. The van der Waals surface area contributed by atoms with Gasteiger partial charge in [0, 0.05) is 31.4 Å². The maximum atomic E-state index is 11.5. The molecule has 2 rings (SSSR count). The molecule has 1 aliphatic heterocycles. The van der Waals surface area contributed by atoms with Gasteiger partial charge in [0.15, 0.2) is 11.5 Å². The number of anilines is 1. The predicted octanol–water partition coefficient (Wildman–Crippen LogP) is -0.588. The van der Waals surface area contributed by atoms with Crippen LogP contribution in [0.4, 0.5) is 5.82 Å². The van der Waals surface area contributed by atoms with Crippen LogP contribution in [0.5, 0.6) is 0 Å². The Morgan fingerprint density at radius 3 is 2.87 bits per heavy atom. The first-order valence-electron chi connectivity index (χ1n) is 4.49. The van der Waals surface area contributed by atoms with Gasteiger partial charge in [-0.1, -0.05) is 0 Å². The van der Waals surface area contributed by atoms with Crippen LogP contribution in [0.1, 0.15) is 12.1 Å². The second-order valence-electron chi connectivity index (χ2n) is 3.31. The molecule has 0 radical (unpaired) electrons. The van der Waals surface area contributed by atoms with E-state index in [-0.39, 0.29) is 17.6 Å². The van der Waals surface area contributed by atoms with E-state index < -0.39 is 0 Å². The fourth-order valence-electron chi connectivity index (χ4n) is 1.55. The van der Waals surface area contributed by atoms with Crippen molar-refractivity contribution < 1.29 is 4.79 Å². The summed E-state index contributed by atoms with van der Waals surface area (Å²) in [6.07, 6.45) is 3.16. The molecule has 1 amide bonds. The van der Waals surface area contributed by atoms with Crippen molar-refractivity contribution in [1.82, 2.24) is 9.97 Å². The number of carbonyl (C=O) groups excluding carboxylic acids is 1. The van der Waals surface area contributed by atoms with Crippen LogP contribution in [0.3, 0.4) is 0 Å². The lowest BCUT2D eigenvalue weighted by Crippen LogP contribution is -2.29. The molecule has 76 valence electrons. The molecule has 0 spiro atoms. The minimum absolute atomic E-state index is 0.112. The fourth-order valence-corrected chi connectivity index (χ4v) is 1.55. The SMILES string of the molecule is N#Cc1nccnc1N1CC(N)CC1=O. The molecule has 1 aromatic rings. The minimum Gasteiger partial charge on any atom is -0.326 e. The summed E-state index contributed by atoms with van der Waals surface area (Å²) >= 11 is 0. The number of rotatable bonds is 1. The smallest absolute Gasteiger partial charge is 0.229 e. The third-order valence-corrected chi connectivity index (χ3v) is 2.20. The molecule has 0 aliphatic carbocycles. The van der Waals surface area contributed by atoms with E-state index in [0.29, 0.717) is 18.8 Å². The molecule has 6 heteroatoms. The molecular weight excluding hydrogens is 194 g/mol. The second-order valence-corrected chi connectivity index (χ2v) is 3.31. The molecule has 0 bridgehead atoms. The van der Waals surface area contributed by atoms with Gasteiger partial charge in [-0.2, -0.15) is 5.26 Å². The largest absolute Gasteiger partial charge is 0.326 e. The standard InChI is InChI=1S/C9H9N5O/c10-4-7-9(13-2-1-12-7)14-5-6(11)3-8(14)15/h1-2,6H,3,5,11H2. The maximum Gasteiger partial charge on any atom is 0.229 e. The molecular formula is C9H9N5O. The number of carbonyl (C=O) groups is 1. The highest BCUT2D eigenvalue weighted by Crippen LogP contribution is 2.20. The number of aromatic nitrogens is 2.